The first kappa shape index (κ1) is 29.5. The summed E-state index contributed by atoms with van der Waals surface area (Å²) in [6.07, 6.45) is 1.94. The fourth-order valence-corrected chi connectivity index (χ4v) is 10.2. The Morgan fingerprint density at radius 1 is 0.417 bits per heavy atom. The van der Waals surface area contributed by atoms with E-state index < -0.39 is 0 Å². The van der Waals surface area contributed by atoms with E-state index in [0.29, 0.717) is 0 Å². The molecule has 48 heavy (non-hydrogen) atoms. The lowest BCUT2D eigenvalue weighted by molar-refractivity contribution is 0.573. The fraction of sp³-hybridized carbons (Fsp3) is 0.250. The first-order valence-corrected chi connectivity index (χ1v) is 17.7. The summed E-state index contributed by atoms with van der Waals surface area (Å²) < 4.78 is 0. The zero-order chi connectivity index (χ0) is 33.2. The molecule has 236 valence electrons. The third-order valence-corrected chi connectivity index (χ3v) is 12.6. The summed E-state index contributed by atoms with van der Waals surface area (Å²) in [5.41, 5.74) is 24.2. The molecule has 2 unspecified atom stereocenters. The SMILES string of the molecule is Cc1cc(CC2(C)c3ccccc3-c3c2ccc(C)c3CC2(C)c3ccccc3-c3c(C)cccc32)c2c(c1)C(C)(C)c1ccccc1-2. The van der Waals surface area contributed by atoms with Crippen LogP contribution in [0.5, 0.6) is 0 Å². The van der Waals surface area contributed by atoms with E-state index >= 15 is 0 Å². The molecule has 0 spiro atoms. The number of benzene rings is 6. The second kappa shape index (κ2) is 9.93. The largest absolute Gasteiger partial charge is 0.0619 e. The van der Waals surface area contributed by atoms with Crippen molar-refractivity contribution in [1.82, 2.24) is 0 Å². The van der Waals surface area contributed by atoms with E-state index in [9.17, 15) is 0 Å². The summed E-state index contributed by atoms with van der Waals surface area (Å²) in [4.78, 5) is 0. The summed E-state index contributed by atoms with van der Waals surface area (Å²) >= 11 is 0. The standard InChI is InChI=1S/C48H44/c1-29-25-32(44-33-16-8-11-19-37(33)46(4,5)42(44)26-29)27-47(6)39-21-13-10-18-35(39)45-36(30(2)23-24-41(45)47)28-48(7)38-20-12-9-17-34(38)43-31(3)15-14-22-40(43)48/h8-26H,27-28H2,1-7H3. The van der Waals surface area contributed by atoms with Crippen molar-refractivity contribution in [3.8, 4) is 33.4 Å². The van der Waals surface area contributed by atoms with Gasteiger partial charge < -0.3 is 0 Å². The third-order valence-electron chi connectivity index (χ3n) is 12.6. The Hall–Kier alpha value is -4.68. The van der Waals surface area contributed by atoms with Gasteiger partial charge in [0.25, 0.3) is 0 Å². The summed E-state index contributed by atoms with van der Waals surface area (Å²) in [7, 11) is 0. The fourth-order valence-electron chi connectivity index (χ4n) is 10.2. The smallest absolute Gasteiger partial charge is 0.0227 e. The van der Waals surface area contributed by atoms with Gasteiger partial charge in [-0.25, -0.2) is 0 Å². The summed E-state index contributed by atoms with van der Waals surface area (Å²) in [6.45, 7) is 16.7. The topological polar surface area (TPSA) is 0 Å². The van der Waals surface area contributed by atoms with Crippen molar-refractivity contribution in [1.29, 1.82) is 0 Å². The molecule has 0 saturated carbocycles. The molecule has 0 aromatic heterocycles. The lowest BCUT2D eigenvalue weighted by atomic mass is 9.71. The van der Waals surface area contributed by atoms with Crippen LogP contribution in [0.2, 0.25) is 0 Å². The van der Waals surface area contributed by atoms with Crippen molar-refractivity contribution in [3.05, 3.63) is 176 Å². The molecule has 3 aliphatic carbocycles. The van der Waals surface area contributed by atoms with E-state index in [1.807, 2.05) is 0 Å². The molecular weight excluding hydrogens is 577 g/mol. The minimum Gasteiger partial charge on any atom is -0.0619 e. The van der Waals surface area contributed by atoms with E-state index in [2.05, 4.69) is 164 Å². The first-order valence-electron chi connectivity index (χ1n) is 17.7. The van der Waals surface area contributed by atoms with Gasteiger partial charge in [-0.05, 0) is 123 Å². The zero-order valence-electron chi connectivity index (χ0n) is 29.4. The second-order valence-electron chi connectivity index (χ2n) is 15.9. The minimum atomic E-state index is -0.152. The maximum absolute atomic E-state index is 2.52. The molecular formula is C48H44. The molecule has 0 heterocycles. The lowest BCUT2D eigenvalue weighted by Crippen LogP contribution is -2.26. The normalized spacial score (nSPS) is 20.5. The van der Waals surface area contributed by atoms with Crippen molar-refractivity contribution in [2.75, 3.05) is 0 Å². The monoisotopic (exact) mass is 620 g/mol. The van der Waals surface area contributed by atoms with Crippen molar-refractivity contribution in [2.24, 2.45) is 0 Å². The summed E-state index contributed by atoms with van der Waals surface area (Å²) in [5.74, 6) is 0. The zero-order valence-corrected chi connectivity index (χ0v) is 29.4. The molecule has 0 saturated heterocycles. The van der Waals surface area contributed by atoms with Crippen LogP contribution in [0.3, 0.4) is 0 Å². The molecule has 0 aliphatic heterocycles. The van der Waals surface area contributed by atoms with E-state index in [1.54, 1.807) is 0 Å². The van der Waals surface area contributed by atoms with Crippen LogP contribution in [0.1, 0.15) is 88.9 Å². The average Bonchev–Trinajstić information content (AvgIpc) is 3.58. The van der Waals surface area contributed by atoms with Crippen LogP contribution in [0, 0.1) is 20.8 Å². The molecule has 0 bridgehead atoms. The predicted octanol–water partition coefficient (Wildman–Crippen LogP) is 12.0. The molecule has 0 amide bonds. The van der Waals surface area contributed by atoms with Gasteiger partial charge in [0.15, 0.2) is 0 Å². The van der Waals surface area contributed by atoms with Gasteiger partial charge >= 0.3 is 0 Å². The Bertz CT molecular complexity index is 2330. The van der Waals surface area contributed by atoms with Gasteiger partial charge in [0.05, 0.1) is 0 Å². The molecule has 0 radical (unpaired) electrons. The second-order valence-corrected chi connectivity index (χ2v) is 15.9. The highest BCUT2D eigenvalue weighted by atomic mass is 14.5. The van der Waals surface area contributed by atoms with Gasteiger partial charge in [-0.15, -0.1) is 0 Å². The van der Waals surface area contributed by atoms with Crippen LogP contribution in [0.4, 0.5) is 0 Å². The molecule has 2 atom stereocenters. The summed E-state index contributed by atoms with van der Waals surface area (Å²) in [5, 5.41) is 0. The maximum Gasteiger partial charge on any atom is 0.0227 e. The van der Waals surface area contributed by atoms with Gasteiger partial charge in [0, 0.05) is 16.2 Å². The number of hydrogen-bond acceptors (Lipinski definition) is 0. The van der Waals surface area contributed by atoms with Gasteiger partial charge in [0.1, 0.15) is 0 Å². The van der Waals surface area contributed by atoms with Crippen molar-refractivity contribution < 1.29 is 0 Å². The third kappa shape index (κ3) is 3.78. The number of fused-ring (bicyclic) bond motifs is 9. The van der Waals surface area contributed by atoms with Crippen LogP contribution in [0.15, 0.2) is 115 Å². The Morgan fingerprint density at radius 3 is 1.65 bits per heavy atom. The predicted molar refractivity (Wildman–Crippen MR) is 202 cm³/mol. The maximum atomic E-state index is 2.52. The average molecular weight is 621 g/mol. The molecule has 9 rings (SSSR count). The lowest BCUT2D eigenvalue weighted by Gasteiger charge is -2.32. The van der Waals surface area contributed by atoms with Crippen LogP contribution in [-0.4, -0.2) is 0 Å². The van der Waals surface area contributed by atoms with Gasteiger partial charge in [-0.2, -0.15) is 0 Å². The van der Waals surface area contributed by atoms with E-state index in [4.69, 9.17) is 0 Å². The Morgan fingerprint density at radius 2 is 0.958 bits per heavy atom. The number of hydrogen-bond donors (Lipinski definition) is 0. The van der Waals surface area contributed by atoms with Crippen LogP contribution < -0.4 is 0 Å². The highest BCUT2D eigenvalue weighted by Crippen LogP contribution is 2.58. The van der Waals surface area contributed by atoms with E-state index in [1.165, 1.54) is 94.6 Å². The number of rotatable bonds is 4. The molecule has 3 aliphatic rings. The van der Waals surface area contributed by atoms with Crippen LogP contribution in [0.25, 0.3) is 33.4 Å². The quantitative estimate of drug-likeness (QED) is 0.184. The van der Waals surface area contributed by atoms with Crippen LogP contribution >= 0.6 is 0 Å². The first-order chi connectivity index (χ1) is 23.0. The Kier molecular flexibility index (Phi) is 6.09. The van der Waals surface area contributed by atoms with E-state index in [0.717, 1.165) is 12.8 Å². The molecule has 0 nitrogen and oxygen atoms in total. The van der Waals surface area contributed by atoms with Crippen molar-refractivity contribution >= 4 is 0 Å². The van der Waals surface area contributed by atoms with Crippen molar-refractivity contribution in [2.45, 2.75) is 77.6 Å². The van der Waals surface area contributed by atoms with Gasteiger partial charge in [-0.1, -0.05) is 149 Å². The van der Waals surface area contributed by atoms with E-state index in [-0.39, 0.29) is 16.2 Å². The summed E-state index contributed by atoms with van der Waals surface area (Å²) in [6, 6.07) is 44.3. The highest BCUT2D eigenvalue weighted by molar-refractivity contribution is 5.88. The molecule has 0 heteroatoms. The molecule has 6 aromatic rings. The molecule has 0 N–H and O–H groups in total. The molecule has 0 fully saturated rings. The minimum absolute atomic E-state index is 0.00889. The Balaban J connectivity index is 1.24. The Labute approximate surface area is 286 Å². The van der Waals surface area contributed by atoms with Crippen LogP contribution in [-0.2, 0) is 29.1 Å². The van der Waals surface area contributed by atoms with Gasteiger partial charge in [0.2, 0.25) is 0 Å². The number of aryl methyl sites for hydroxylation is 3. The molecule has 6 aromatic carbocycles. The highest BCUT2D eigenvalue weighted by Gasteiger charge is 2.46. The van der Waals surface area contributed by atoms with Crippen molar-refractivity contribution in [3.63, 3.8) is 0 Å². The van der Waals surface area contributed by atoms with Gasteiger partial charge in [-0.3, -0.25) is 0 Å².